The molecule has 0 unspecified atom stereocenters. The lowest BCUT2D eigenvalue weighted by atomic mass is 10.1. The largest absolute Gasteiger partial charge is 0.369 e. The van der Waals surface area contributed by atoms with Gasteiger partial charge in [0.25, 0.3) is 0 Å². The van der Waals surface area contributed by atoms with E-state index in [2.05, 4.69) is 0 Å². The van der Waals surface area contributed by atoms with Crippen LogP contribution >= 0.6 is 0 Å². The first-order chi connectivity index (χ1) is 10.9. The van der Waals surface area contributed by atoms with Crippen molar-refractivity contribution in [2.75, 3.05) is 24.6 Å². The number of likely N-dealkylation sites (tertiary alicyclic amines) is 1. The predicted octanol–water partition coefficient (Wildman–Crippen LogP) is 0.368. The first kappa shape index (κ1) is 17.5. The van der Waals surface area contributed by atoms with E-state index in [1.807, 2.05) is 30.3 Å². The molecule has 2 N–H and O–H groups in total. The van der Waals surface area contributed by atoms with E-state index in [0.717, 1.165) is 5.56 Å². The number of benzene rings is 1. The molecule has 6 nitrogen and oxygen atoms in total. The number of carbonyl (C=O) groups excluding carboxylic acids is 2. The highest BCUT2D eigenvalue weighted by molar-refractivity contribution is 7.92. The van der Waals surface area contributed by atoms with Gasteiger partial charge in [-0.1, -0.05) is 30.3 Å². The van der Waals surface area contributed by atoms with Crippen molar-refractivity contribution in [1.29, 1.82) is 0 Å². The number of primary amides is 1. The summed E-state index contributed by atoms with van der Waals surface area (Å²) in [6.07, 6.45) is 1.67. The van der Waals surface area contributed by atoms with E-state index < -0.39 is 27.4 Å². The van der Waals surface area contributed by atoms with Crippen LogP contribution in [-0.2, 0) is 25.8 Å². The van der Waals surface area contributed by atoms with Crippen LogP contribution in [0.5, 0.6) is 0 Å². The number of nitrogens with zero attached hydrogens (tertiary/aromatic N) is 1. The van der Waals surface area contributed by atoms with Crippen molar-refractivity contribution in [1.82, 2.24) is 4.90 Å². The molecule has 1 heterocycles. The first-order valence-corrected chi connectivity index (χ1v) is 9.51. The van der Waals surface area contributed by atoms with E-state index in [1.165, 1.54) is 4.90 Å². The number of rotatable bonds is 7. The minimum Gasteiger partial charge on any atom is -0.369 e. The Morgan fingerprint density at radius 1 is 1.22 bits per heavy atom. The van der Waals surface area contributed by atoms with Gasteiger partial charge < -0.3 is 10.6 Å². The molecule has 1 fully saturated rings. The minimum absolute atomic E-state index is 0.0132. The van der Waals surface area contributed by atoms with E-state index in [9.17, 15) is 18.0 Å². The molecular weight excluding hydrogens is 316 g/mol. The summed E-state index contributed by atoms with van der Waals surface area (Å²) in [5.41, 5.74) is 6.29. The Morgan fingerprint density at radius 3 is 2.52 bits per heavy atom. The second kappa shape index (κ2) is 7.59. The maximum absolute atomic E-state index is 12.1. The van der Waals surface area contributed by atoms with Gasteiger partial charge in [0.15, 0.2) is 9.84 Å². The normalized spacial score (nSPS) is 18.1. The van der Waals surface area contributed by atoms with Crippen molar-refractivity contribution >= 4 is 21.7 Å². The second-order valence-corrected chi connectivity index (χ2v) is 8.09. The third-order valence-electron chi connectivity index (χ3n) is 4.05. The molecule has 1 aromatic carbocycles. The lowest BCUT2D eigenvalue weighted by molar-refractivity contribution is -0.127. The van der Waals surface area contributed by atoms with Gasteiger partial charge in [-0.15, -0.1) is 0 Å². The summed E-state index contributed by atoms with van der Waals surface area (Å²) < 4.78 is 24.1. The molecule has 1 saturated heterocycles. The van der Waals surface area contributed by atoms with Crippen LogP contribution in [0.3, 0.4) is 0 Å². The Hall–Kier alpha value is -1.89. The molecule has 23 heavy (non-hydrogen) atoms. The molecule has 0 saturated carbocycles. The van der Waals surface area contributed by atoms with Crippen molar-refractivity contribution in [2.45, 2.75) is 19.3 Å². The first-order valence-electron chi connectivity index (χ1n) is 7.69. The fraction of sp³-hybridized carbons (Fsp3) is 0.500. The van der Waals surface area contributed by atoms with Gasteiger partial charge in [-0.2, -0.15) is 0 Å². The van der Waals surface area contributed by atoms with Crippen molar-refractivity contribution in [2.24, 2.45) is 11.7 Å². The highest BCUT2D eigenvalue weighted by Crippen LogP contribution is 2.16. The molecule has 2 amide bonds. The van der Waals surface area contributed by atoms with Gasteiger partial charge in [-0.3, -0.25) is 9.59 Å². The third kappa shape index (κ3) is 5.35. The predicted molar refractivity (Wildman–Crippen MR) is 87.3 cm³/mol. The Morgan fingerprint density at radius 2 is 1.91 bits per heavy atom. The van der Waals surface area contributed by atoms with Gasteiger partial charge in [0.2, 0.25) is 11.8 Å². The van der Waals surface area contributed by atoms with Crippen LogP contribution in [0, 0.1) is 5.92 Å². The molecule has 126 valence electrons. The van der Waals surface area contributed by atoms with Crippen LogP contribution in [-0.4, -0.2) is 49.7 Å². The van der Waals surface area contributed by atoms with E-state index >= 15 is 0 Å². The Bertz CT molecular complexity index is 658. The van der Waals surface area contributed by atoms with E-state index in [-0.39, 0.29) is 18.2 Å². The molecule has 1 aliphatic heterocycles. The molecule has 0 aromatic heterocycles. The summed E-state index contributed by atoms with van der Waals surface area (Å²) >= 11 is 0. The van der Waals surface area contributed by atoms with Crippen molar-refractivity contribution in [3.63, 3.8) is 0 Å². The number of hydrogen-bond acceptors (Lipinski definition) is 4. The number of amides is 2. The van der Waals surface area contributed by atoms with E-state index in [1.54, 1.807) is 0 Å². The molecule has 1 aromatic rings. The Labute approximate surface area is 136 Å². The van der Waals surface area contributed by atoms with Crippen molar-refractivity contribution in [3.05, 3.63) is 35.9 Å². The molecule has 7 heteroatoms. The summed E-state index contributed by atoms with van der Waals surface area (Å²) in [6.45, 7) is 0.625. The lowest BCUT2D eigenvalue weighted by Gasteiger charge is -2.16. The number of nitrogens with two attached hydrogens (primary N) is 1. The highest BCUT2D eigenvalue weighted by Gasteiger charge is 2.31. The lowest BCUT2D eigenvalue weighted by Crippen LogP contribution is -2.36. The molecule has 2 rings (SSSR count). The zero-order valence-corrected chi connectivity index (χ0v) is 13.8. The molecule has 0 bridgehead atoms. The van der Waals surface area contributed by atoms with Crippen LogP contribution in [0.2, 0.25) is 0 Å². The monoisotopic (exact) mass is 338 g/mol. The summed E-state index contributed by atoms with van der Waals surface area (Å²) in [7, 11) is -3.43. The van der Waals surface area contributed by atoms with Crippen LogP contribution in [0.1, 0.15) is 18.4 Å². The van der Waals surface area contributed by atoms with Gasteiger partial charge in [0.1, 0.15) is 5.75 Å². The van der Waals surface area contributed by atoms with Gasteiger partial charge in [0, 0.05) is 13.1 Å². The SMILES string of the molecule is NC(=O)[C@@H]1CCN(C(=O)CS(=O)(=O)CCCc2ccccc2)C1. The summed E-state index contributed by atoms with van der Waals surface area (Å²) in [4.78, 5) is 24.6. The van der Waals surface area contributed by atoms with E-state index in [0.29, 0.717) is 25.8 Å². The summed E-state index contributed by atoms with van der Waals surface area (Å²) in [5, 5.41) is 0. The summed E-state index contributed by atoms with van der Waals surface area (Å²) in [5.74, 6) is -1.74. The maximum Gasteiger partial charge on any atom is 0.237 e. The quantitative estimate of drug-likeness (QED) is 0.776. The molecule has 0 radical (unpaired) electrons. The van der Waals surface area contributed by atoms with Gasteiger partial charge >= 0.3 is 0 Å². The van der Waals surface area contributed by atoms with Crippen molar-refractivity contribution < 1.29 is 18.0 Å². The standard InChI is InChI=1S/C16H22N2O4S/c17-16(20)14-8-9-18(11-14)15(19)12-23(21,22)10-4-7-13-5-2-1-3-6-13/h1-3,5-6,14H,4,7-12H2,(H2,17,20)/t14-/m1/s1. The maximum atomic E-state index is 12.1. The molecule has 1 aliphatic rings. The zero-order chi connectivity index (χ0) is 16.9. The molecule has 0 aliphatic carbocycles. The van der Waals surface area contributed by atoms with Gasteiger partial charge in [-0.25, -0.2) is 8.42 Å². The second-order valence-electron chi connectivity index (χ2n) is 5.91. The fourth-order valence-corrected chi connectivity index (χ4v) is 4.00. The number of aryl methyl sites for hydroxylation is 1. The third-order valence-corrected chi connectivity index (χ3v) is 5.65. The average molecular weight is 338 g/mol. The Balaban J connectivity index is 1.79. The zero-order valence-electron chi connectivity index (χ0n) is 13.0. The van der Waals surface area contributed by atoms with Gasteiger partial charge in [-0.05, 0) is 24.8 Å². The number of hydrogen-bond donors (Lipinski definition) is 1. The average Bonchev–Trinajstić information content (AvgIpc) is 2.98. The highest BCUT2D eigenvalue weighted by atomic mass is 32.2. The number of sulfone groups is 1. The van der Waals surface area contributed by atoms with Crippen molar-refractivity contribution in [3.8, 4) is 0 Å². The Kier molecular flexibility index (Phi) is 5.76. The number of carbonyl (C=O) groups is 2. The molecule has 1 atom stereocenters. The fourth-order valence-electron chi connectivity index (χ4n) is 2.71. The van der Waals surface area contributed by atoms with Gasteiger partial charge in [0.05, 0.1) is 11.7 Å². The van der Waals surface area contributed by atoms with Crippen LogP contribution in [0.25, 0.3) is 0 Å². The minimum atomic E-state index is -3.43. The van der Waals surface area contributed by atoms with Crippen LogP contribution in [0.4, 0.5) is 0 Å². The topological polar surface area (TPSA) is 97.5 Å². The van der Waals surface area contributed by atoms with E-state index in [4.69, 9.17) is 5.73 Å². The van der Waals surface area contributed by atoms with Crippen LogP contribution in [0.15, 0.2) is 30.3 Å². The smallest absolute Gasteiger partial charge is 0.237 e. The molecule has 0 spiro atoms. The molecular formula is C16H22N2O4S. The summed E-state index contributed by atoms with van der Waals surface area (Å²) in [6, 6.07) is 9.64. The van der Waals surface area contributed by atoms with Crippen LogP contribution < -0.4 is 5.73 Å².